The van der Waals surface area contributed by atoms with Crippen molar-refractivity contribution < 1.29 is 8.42 Å². The molecule has 7 heteroatoms. The van der Waals surface area contributed by atoms with E-state index in [2.05, 4.69) is 15.1 Å². The molecule has 0 unspecified atom stereocenters. The number of rotatable bonds is 5. The normalized spacial score (nSPS) is 14.0. The number of anilines is 1. The van der Waals surface area contributed by atoms with E-state index >= 15 is 0 Å². The zero-order chi connectivity index (χ0) is 14.9. The van der Waals surface area contributed by atoms with Gasteiger partial charge in [0, 0.05) is 38.4 Å². The number of fused-ring (bicyclic) bond motifs is 1. The summed E-state index contributed by atoms with van der Waals surface area (Å²) >= 11 is 0. The second kappa shape index (κ2) is 5.50. The fourth-order valence-corrected chi connectivity index (χ4v) is 3.52. The number of aromatic nitrogens is 2. The highest BCUT2D eigenvalue weighted by Crippen LogP contribution is 2.24. The summed E-state index contributed by atoms with van der Waals surface area (Å²) < 4.78 is 28.9. The lowest BCUT2D eigenvalue weighted by Gasteiger charge is -2.08. The average molecular weight is 306 g/mol. The van der Waals surface area contributed by atoms with Crippen LogP contribution < -0.4 is 10.0 Å². The van der Waals surface area contributed by atoms with Crippen LogP contribution in [0.2, 0.25) is 0 Å². The first-order valence-corrected chi connectivity index (χ1v) is 8.38. The van der Waals surface area contributed by atoms with Gasteiger partial charge in [-0.15, -0.1) is 0 Å². The van der Waals surface area contributed by atoms with Crippen molar-refractivity contribution in [1.29, 1.82) is 0 Å². The van der Waals surface area contributed by atoms with Gasteiger partial charge in [0.25, 0.3) is 0 Å². The van der Waals surface area contributed by atoms with E-state index in [-0.39, 0.29) is 0 Å². The van der Waals surface area contributed by atoms with E-state index in [0.717, 1.165) is 29.9 Å². The number of hydrogen-bond donors (Lipinski definition) is 2. The third-order valence-electron chi connectivity index (χ3n) is 3.54. The second-order valence-corrected chi connectivity index (χ2v) is 6.89. The number of benzene rings is 1. The van der Waals surface area contributed by atoms with E-state index in [4.69, 9.17) is 0 Å². The molecule has 1 aliphatic heterocycles. The molecule has 0 spiro atoms. The van der Waals surface area contributed by atoms with Crippen molar-refractivity contribution in [3.8, 4) is 0 Å². The lowest BCUT2D eigenvalue weighted by atomic mass is 10.2. The lowest BCUT2D eigenvalue weighted by molar-refractivity contribution is 0.581. The molecule has 6 nitrogen and oxygen atoms in total. The van der Waals surface area contributed by atoms with Gasteiger partial charge in [0.2, 0.25) is 10.0 Å². The Bertz CT molecular complexity index is 752. The van der Waals surface area contributed by atoms with Crippen LogP contribution in [0.5, 0.6) is 0 Å². The zero-order valence-corrected chi connectivity index (χ0v) is 12.7. The molecule has 1 aliphatic rings. The highest BCUT2D eigenvalue weighted by atomic mass is 32.2. The van der Waals surface area contributed by atoms with Crippen molar-refractivity contribution >= 4 is 15.7 Å². The van der Waals surface area contributed by atoms with Crippen molar-refractivity contribution in [2.45, 2.75) is 17.7 Å². The van der Waals surface area contributed by atoms with Gasteiger partial charge in [-0.2, -0.15) is 5.10 Å². The van der Waals surface area contributed by atoms with Crippen molar-refractivity contribution in [1.82, 2.24) is 14.5 Å². The summed E-state index contributed by atoms with van der Waals surface area (Å²) in [6, 6.07) is 7.10. The third kappa shape index (κ3) is 3.08. The van der Waals surface area contributed by atoms with Crippen LogP contribution in [-0.4, -0.2) is 31.3 Å². The molecule has 2 heterocycles. The molecule has 0 aliphatic carbocycles. The van der Waals surface area contributed by atoms with Crippen LogP contribution in [0.15, 0.2) is 35.4 Å². The topological polar surface area (TPSA) is 76.0 Å². The molecule has 0 bridgehead atoms. The Labute approximate surface area is 124 Å². The molecule has 1 aromatic heterocycles. The second-order valence-electron chi connectivity index (χ2n) is 5.12. The summed E-state index contributed by atoms with van der Waals surface area (Å²) in [6.45, 7) is 1.21. The van der Waals surface area contributed by atoms with Gasteiger partial charge in [-0.05, 0) is 36.2 Å². The van der Waals surface area contributed by atoms with Gasteiger partial charge in [-0.1, -0.05) is 0 Å². The number of sulfonamides is 1. The van der Waals surface area contributed by atoms with Gasteiger partial charge < -0.3 is 5.32 Å². The SMILES string of the molecule is Cn1ccc(CCNS(=O)(=O)c2ccc3c(c2)CCN3)n1. The fraction of sp³-hybridized carbons (Fsp3) is 0.357. The van der Waals surface area contributed by atoms with Crippen LogP contribution in [0.1, 0.15) is 11.3 Å². The first-order chi connectivity index (χ1) is 10.0. The zero-order valence-electron chi connectivity index (χ0n) is 11.8. The van der Waals surface area contributed by atoms with Crippen LogP contribution in [-0.2, 0) is 29.9 Å². The molecule has 0 saturated carbocycles. The molecule has 0 saturated heterocycles. The molecule has 0 atom stereocenters. The van der Waals surface area contributed by atoms with E-state index in [9.17, 15) is 8.42 Å². The van der Waals surface area contributed by atoms with Crippen molar-refractivity contribution in [2.75, 3.05) is 18.4 Å². The first-order valence-electron chi connectivity index (χ1n) is 6.89. The molecule has 112 valence electrons. The van der Waals surface area contributed by atoms with E-state index < -0.39 is 10.0 Å². The molecule has 2 aromatic rings. The molecule has 0 fully saturated rings. The van der Waals surface area contributed by atoms with Crippen LogP contribution in [0.3, 0.4) is 0 Å². The minimum atomic E-state index is -3.46. The predicted octanol–water partition coefficient (Wildman–Crippen LogP) is 0.909. The minimum Gasteiger partial charge on any atom is -0.384 e. The average Bonchev–Trinajstić information content (AvgIpc) is 3.06. The lowest BCUT2D eigenvalue weighted by Crippen LogP contribution is -2.26. The van der Waals surface area contributed by atoms with Crippen LogP contribution in [0.4, 0.5) is 5.69 Å². The van der Waals surface area contributed by atoms with E-state index in [0.29, 0.717) is 17.9 Å². The summed E-state index contributed by atoms with van der Waals surface area (Å²) in [5.41, 5.74) is 2.96. The van der Waals surface area contributed by atoms with Crippen LogP contribution >= 0.6 is 0 Å². The smallest absolute Gasteiger partial charge is 0.240 e. The van der Waals surface area contributed by atoms with Gasteiger partial charge in [0.05, 0.1) is 10.6 Å². The molecule has 1 aromatic carbocycles. The van der Waals surface area contributed by atoms with Crippen molar-refractivity contribution in [2.24, 2.45) is 7.05 Å². The summed E-state index contributed by atoms with van der Waals surface area (Å²) in [7, 11) is -1.62. The molecular weight excluding hydrogens is 288 g/mol. The number of nitrogens with one attached hydrogen (secondary N) is 2. The summed E-state index contributed by atoms with van der Waals surface area (Å²) in [6.07, 6.45) is 3.29. The summed E-state index contributed by atoms with van der Waals surface area (Å²) in [5.74, 6) is 0. The molecule has 2 N–H and O–H groups in total. The number of hydrogen-bond acceptors (Lipinski definition) is 4. The van der Waals surface area contributed by atoms with Gasteiger partial charge in [0.15, 0.2) is 0 Å². The van der Waals surface area contributed by atoms with Gasteiger partial charge in [-0.25, -0.2) is 13.1 Å². The van der Waals surface area contributed by atoms with Gasteiger partial charge in [0.1, 0.15) is 0 Å². The quantitative estimate of drug-likeness (QED) is 0.861. The van der Waals surface area contributed by atoms with E-state index in [1.165, 1.54) is 0 Å². The Balaban J connectivity index is 1.66. The Morgan fingerprint density at radius 3 is 3.00 bits per heavy atom. The van der Waals surface area contributed by atoms with Gasteiger partial charge >= 0.3 is 0 Å². The highest BCUT2D eigenvalue weighted by Gasteiger charge is 2.17. The summed E-state index contributed by atoms with van der Waals surface area (Å²) in [5, 5.41) is 7.44. The minimum absolute atomic E-state index is 0.325. The maximum Gasteiger partial charge on any atom is 0.240 e. The highest BCUT2D eigenvalue weighted by molar-refractivity contribution is 7.89. The maximum absolute atomic E-state index is 12.3. The predicted molar refractivity (Wildman–Crippen MR) is 80.7 cm³/mol. The Kier molecular flexibility index (Phi) is 3.69. The largest absolute Gasteiger partial charge is 0.384 e. The molecule has 0 amide bonds. The Hall–Kier alpha value is -1.86. The van der Waals surface area contributed by atoms with Crippen LogP contribution in [0, 0.1) is 0 Å². The Morgan fingerprint density at radius 2 is 2.24 bits per heavy atom. The molecular formula is C14H18N4O2S. The van der Waals surface area contributed by atoms with Gasteiger partial charge in [-0.3, -0.25) is 4.68 Å². The standard InChI is InChI=1S/C14H18N4O2S/c1-18-9-6-12(17-18)5-8-16-21(19,20)13-2-3-14-11(10-13)4-7-15-14/h2-3,6,9-10,15-16H,4-5,7-8H2,1H3. The van der Waals surface area contributed by atoms with E-state index in [1.807, 2.05) is 25.4 Å². The van der Waals surface area contributed by atoms with Crippen LogP contribution in [0.25, 0.3) is 0 Å². The first kappa shape index (κ1) is 14.1. The van der Waals surface area contributed by atoms with E-state index in [1.54, 1.807) is 16.8 Å². The van der Waals surface area contributed by atoms with Crippen molar-refractivity contribution in [3.63, 3.8) is 0 Å². The molecule has 3 rings (SSSR count). The monoisotopic (exact) mass is 306 g/mol. The third-order valence-corrected chi connectivity index (χ3v) is 5.00. The fourth-order valence-electron chi connectivity index (χ4n) is 2.44. The maximum atomic E-state index is 12.3. The number of aryl methyl sites for hydroxylation is 1. The Morgan fingerprint density at radius 1 is 1.38 bits per heavy atom. The molecule has 21 heavy (non-hydrogen) atoms. The number of nitrogens with zero attached hydrogens (tertiary/aromatic N) is 2. The van der Waals surface area contributed by atoms with Crippen molar-refractivity contribution in [3.05, 3.63) is 41.7 Å². The molecule has 0 radical (unpaired) electrons. The summed E-state index contributed by atoms with van der Waals surface area (Å²) in [4.78, 5) is 0.325.